The van der Waals surface area contributed by atoms with Crippen LogP contribution < -0.4 is 0 Å². The zero-order chi connectivity index (χ0) is 12.1. The summed E-state index contributed by atoms with van der Waals surface area (Å²) < 4.78 is 4.88. The molecule has 90 valence electrons. The summed E-state index contributed by atoms with van der Waals surface area (Å²) in [5.41, 5.74) is 1.07. The molecule has 0 saturated carbocycles. The van der Waals surface area contributed by atoms with Crippen LogP contribution in [-0.2, 0) is 16.1 Å². The quantitative estimate of drug-likeness (QED) is 0.738. The van der Waals surface area contributed by atoms with Gasteiger partial charge in [-0.1, -0.05) is 0 Å². The smallest absolute Gasteiger partial charge is 0.320 e. The summed E-state index contributed by atoms with van der Waals surface area (Å²) >= 11 is 1.68. The molecule has 0 saturated heterocycles. The molecule has 0 aliphatic heterocycles. The van der Waals surface area contributed by atoms with Crippen LogP contribution in [0.2, 0.25) is 0 Å². The molecule has 0 N–H and O–H groups in total. The minimum atomic E-state index is -0.185. The van der Waals surface area contributed by atoms with Crippen molar-refractivity contribution >= 4 is 17.3 Å². The van der Waals surface area contributed by atoms with Gasteiger partial charge in [-0.15, -0.1) is 11.3 Å². The number of aryl methyl sites for hydroxylation is 2. The molecular formula is C11H18N2O2S. The third-order valence-electron chi connectivity index (χ3n) is 2.18. The third kappa shape index (κ3) is 3.90. The molecule has 0 atom stereocenters. The minimum Gasteiger partial charge on any atom is -0.465 e. The number of rotatable bonds is 5. The molecule has 1 rings (SSSR count). The van der Waals surface area contributed by atoms with Crippen molar-refractivity contribution in [1.29, 1.82) is 0 Å². The first-order valence-electron chi connectivity index (χ1n) is 5.30. The molecule has 0 aromatic carbocycles. The van der Waals surface area contributed by atoms with Crippen molar-refractivity contribution < 1.29 is 9.53 Å². The standard InChI is InChI=1S/C11H18N2O2S/c1-5-15-11(14)7-13(4)6-10-12-8(2)9(3)16-10/h5-7H2,1-4H3. The van der Waals surface area contributed by atoms with Gasteiger partial charge in [0.05, 0.1) is 25.4 Å². The molecule has 16 heavy (non-hydrogen) atoms. The monoisotopic (exact) mass is 242 g/mol. The fourth-order valence-corrected chi connectivity index (χ4v) is 2.33. The first-order chi connectivity index (χ1) is 7.52. The Bertz CT molecular complexity index is 343. The molecule has 0 bridgehead atoms. The second-order valence-corrected chi connectivity index (χ2v) is 5.01. The highest BCUT2D eigenvalue weighted by Gasteiger charge is 2.10. The van der Waals surface area contributed by atoms with E-state index in [4.69, 9.17) is 4.74 Å². The lowest BCUT2D eigenvalue weighted by molar-refractivity contribution is -0.144. The molecule has 5 heteroatoms. The summed E-state index contributed by atoms with van der Waals surface area (Å²) in [5, 5.41) is 1.04. The van der Waals surface area contributed by atoms with E-state index in [1.165, 1.54) is 4.88 Å². The zero-order valence-corrected chi connectivity index (χ0v) is 11.1. The van der Waals surface area contributed by atoms with Gasteiger partial charge in [0.25, 0.3) is 0 Å². The largest absolute Gasteiger partial charge is 0.465 e. The first-order valence-corrected chi connectivity index (χ1v) is 6.11. The van der Waals surface area contributed by atoms with Crippen molar-refractivity contribution in [3.8, 4) is 0 Å². The van der Waals surface area contributed by atoms with Crippen molar-refractivity contribution in [1.82, 2.24) is 9.88 Å². The van der Waals surface area contributed by atoms with Crippen molar-refractivity contribution in [2.45, 2.75) is 27.3 Å². The highest BCUT2D eigenvalue weighted by atomic mass is 32.1. The van der Waals surface area contributed by atoms with Gasteiger partial charge in [0.2, 0.25) is 0 Å². The molecular weight excluding hydrogens is 224 g/mol. The molecule has 4 nitrogen and oxygen atoms in total. The van der Waals surface area contributed by atoms with Crippen LogP contribution in [0.1, 0.15) is 22.5 Å². The summed E-state index contributed by atoms with van der Waals surface area (Å²) in [6.07, 6.45) is 0. The van der Waals surface area contributed by atoms with Crippen LogP contribution in [0.15, 0.2) is 0 Å². The zero-order valence-electron chi connectivity index (χ0n) is 10.2. The topological polar surface area (TPSA) is 42.4 Å². The number of esters is 1. The van der Waals surface area contributed by atoms with Crippen LogP contribution in [-0.4, -0.2) is 36.1 Å². The van der Waals surface area contributed by atoms with Crippen LogP contribution in [0.5, 0.6) is 0 Å². The summed E-state index contributed by atoms with van der Waals surface area (Å²) in [5.74, 6) is -0.185. The van der Waals surface area contributed by atoms with Gasteiger partial charge in [-0.25, -0.2) is 4.98 Å². The average molecular weight is 242 g/mol. The van der Waals surface area contributed by atoms with Crippen LogP contribution in [0.3, 0.4) is 0 Å². The van der Waals surface area contributed by atoms with Crippen molar-refractivity contribution in [2.24, 2.45) is 0 Å². The number of thiazole rings is 1. The Labute approximate surface area is 100 Å². The number of aromatic nitrogens is 1. The molecule has 0 amide bonds. The highest BCUT2D eigenvalue weighted by molar-refractivity contribution is 7.11. The van der Waals surface area contributed by atoms with E-state index < -0.39 is 0 Å². The number of nitrogens with zero attached hydrogens (tertiary/aromatic N) is 2. The van der Waals surface area contributed by atoms with Gasteiger partial charge in [-0.2, -0.15) is 0 Å². The highest BCUT2D eigenvalue weighted by Crippen LogP contribution is 2.17. The average Bonchev–Trinajstić information content (AvgIpc) is 2.45. The number of hydrogen-bond donors (Lipinski definition) is 0. The molecule has 0 aliphatic rings. The Morgan fingerprint density at radius 2 is 2.19 bits per heavy atom. The first kappa shape index (κ1) is 13.1. The van der Waals surface area contributed by atoms with E-state index in [9.17, 15) is 4.79 Å². The molecule has 1 heterocycles. The van der Waals surface area contributed by atoms with Gasteiger partial charge >= 0.3 is 5.97 Å². The molecule has 1 aromatic rings. The van der Waals surface area contributed by atoms with E-state index in [1.807, 2.05) is 25.8 Å². The Morgan fingerprint density at radius 3 is 2.69 bits per heavy atom. The molecule has 0 radical (unpaired) electrons. The lowest BCUT2D eigenvalue weighted by atomic mass is 10.4. The molecule has 1 aromatic heterocycles. The minimum absolute atomic E-state index is 0.185. The van der Waals surface area contributed by atoms with E-state index >= 15 is 0 Å². The maximum Gasteiger partial charge on any atom is 0.320 e. The summed E-state index contributed by atoms with van der Waals surface area (Å²) in [7, 11) is 1.89. The van der Waals surface area contributed by atoms with Crippen molar-refractivity contribution in [3.63, 3.8) is 0 Å². The van der Waals surface area contributed by atoms with Crippen molar-refractivity contribution in [2.75, 3.05) is 20.2 Å². The van der Waals surface area contributed by atoms with Crippen molar-refractivity contribution in [3.05, 3.63) is 15.6 Å². The van der Waals surface area contributed by atoms with E-state index in [1.54, 1.807) is 11.3 Å². The SMILES string of the molecule is CCOC(=O)CN(C)Cc1nc(C)c(C)s1. The van der Waals surface area contributed by atoms with Gasteiger partial charge in [0.1, 0.15) is 5.01 Å². The van der Waals surface area contributed by atoms with Gasteiger partial charge in [-0.3, -0.25) is 9.69 Å². The van der Waals surface area contributed by atoms with Gasteiger partial charge in [0, 0.05) is 4.88 Å². The Hall–Kier alpha value is -0.940. The molecule has 0 unspecified atom stereocenters. The normalized spacial score (nSPS) is 10.8. The van der Waals surface area contributed by atoms with Crippen LogP contribution in [0.25, 0.3) is 0 Å². The Balaban J connectivity index is 2.45. The number of hydrogen-bond acceptors (Lipinski definition) is 5. The Kier molecular flexibility index (Phi) is 4.89. The number of likely N-dealkylation sites (N-methyl/N-ethyl adjacent to an activating group) is 1. The second kappa shape index (κ2) is 5.96. The lowest BCUT2D eigenvalue weighted by Crippen LogP contribution is -2.26. The molecule has 0 fully saturated rings. The predicted molar refractivity (Wildman–Crippen MR) is 64.6 cm³/mol. The summed E-state index contributed by atoms with van der Waals surface area (Å²) in [6, 6.07) is 0. The summed E-state index contributed by atoms with van der Waals surface area (Å²) in [4.78, 5) is 18.8. The third-order valence-corrected chi connectivity index (χ3v) is 3.24. The van der Waals surface area contributed by atoms with Gasteiger partial charge in [0.15, 0.2) is 0 Å². The van der Waals surface area contributed by atoms with Crippen LogP contribution >= 0.6 is 11.3 Å². The fraction of sp³-hybridized carbons (Fsp3) is 0.636. The van der Waals surface area contributed by atoms with Crippen LogP contribution in [0, 0.1) is 13.8 Å². The van der Waals surface area contributed by atoms with E-state index in [0.717, 1.165) is 10.7 Å². The maximum absolute atomic E-state index is 11.2. The summed E-state index contributed by atoms with van der Waals surface area (Å²) in [6.45, 7) is 7.31. The van der Waals surface area contributed by atoms with E-state index in [-0.39, 0.29) is 5.97 Å². The maximum atomic E-state index is 11.2. The van der Waals surface area contributed by atoms with E-state index in [0.29, 0.717) is 19.7 Å². The lowest BCUT2D eigenvalue weighted by Gasteiger charge is -2.13. The Morgan fingerprint density at radius 1 is 1.50 bits per heavy atom. The van der Waals surface area contributed by atoms with Gasteiger partial charge in [-0.05, 0) is 27.8 Å². The molecule has 0 aliphatic carbocycles. The number of carbonyl (C=O) groups excluding carboxylic acids is 1. The van der Waals surface area contributed by atoms with E-state index in [2.05, 4.69) is 11.9 Å². The second-order valence-electron chi connectivity index (χ2n) is 3.73. The number of carbonyl (C=O) groups is 1. The molecule has 0 spiro atoms. The van der Waals surface area contributed by atoms with Gasteiger partial charge < -0.3 is 4.74 Å². The fourth-order valence-electron chi connectivity index (χ4n) is 1.32. The predicted octanol–water partition coefficient (Wildman–Crippen LogP) is 1.75. The number of ether oxygens (including phenoxy) is 1. The van der Waals surface area contributed by atoms with Crippen LogP contribution in [0.4, 0.5) is 0 Å².